The smallest absolute Gasteiger partial charge is 0.220 e. The molecule has 1 amide bonds. The van der Waals surface area contributed by atoms with Crippen molar-refractivity contribution in [3.63, 3.8) is 0 Å². The van der Waals surface area contributed by atoms with E-state index in [4.69, 9.17) is 16.3 Å². The predicted molar refractivity (Wildman–Crippen MR) is 84.3 cm³/mol. The Morgan fingerprint density at radius 2 is 1.95 bits per heavy atom. The standard InChI is InChI=1S/C16H23ClN2O2/c17-7-3-6-16(20)18-12-14-4-1-2-5-15(14)13-19-8-10-21-11-9-19/h1-2,4-5H,3,6-13H2,(H,18,20). The molecule has 1 fully saturated rings. The molecular weight excluding hydrogens is 288 g/mol. The molecule has 1 aromatic carbocycles. The molecule has 1 N–H and O–H groups in total. The Kier molecular flexibility index (Phi) is 7.00. The first kappa shape index (κ1) is 16.3. The molecule has 1 aliphatic rings. The molecule has 2 rings (SSSR count). The van der Waals surface area contributed by atoms with Crippen LogP contribution in [0.4, 0.5) is 0 Å². The molecule has 5 heteroatoms. The third-order valence-corrected chi connectivity index (χ3v) is 3.90. The minimum Gasteiger partial charge on any atom is -0.379 e. The molecule has 21 heavy (non-hydrogen) atoms. The van der Waals surface area contributed by atoms with Gasteiger partial charge < -0.3 is 10.1 Å². The SMILES string of the molecule is O=C(CCCCl)NCc1ccccc1CN1CCOCC1. The number of carbonyl (C=O) groups is 1. The van der Waals surface area contributed by atoms with Crippen LogP contribution in [0.2, 0.25) is 0 Å². The third-order valence-electron chi connectivity index (χ3n) is 3.63. The molecule has 116 valence electrons. The van der Waals surface area contributed by atoms with E-state index in [9.17, 15) is 4.79 Å². The molecule has 0 unspecified atom stereocenters. The van der Waals surface area contributed by atoms with E-state index in [2.05, 4.69) is 28.4 Å². The van der Waals surface area contributed by atoms with E-state index in [1.165, 1.54) is 11.1 Å². The molecular formula is C16H23ClN2O2. The monoisotopic (exact) mass is 310 g/mol. The Hall–Kier alpha value is -1.10. The average Bonchev–Trinajstić information content (AvgIpc) is 2.53. The number of amides is 1. The second-order valence-electron chi connectivity index (χ2n) is 5.23. The quantitative estimate of drug-likeness (QED) is 0.785. The second-order valence-corrected chi connectivity index (χ2v) is 5.60. The lowest BCUT2D eigenvalue weighted by Gasteiger charge is -2.27. The zero-order chi connectivity index (χ0) is 14.9. The normalized spacial score (nSPS) is 15.9. The van der Waals surface area contributed by atoms with Crippen molar-refractivity contribution in [1.82, 2.24) is 10.2 Å². The van der Waals surface area contributed by atoms with Crippen LogP contribution in [0.3, 0.4) is 0 Å². The molecule has 1 aliphatic heterocycles. The second kappa shape index (κ2) is 9.03. The Morgan fingerprint density at radius 3 is 2.67 bits per heavy atom. The number of halogens is 1. The fraction of sp³-hybridized carbons (Fsp3) is 0.562. The summed E-state index contributed by atoms with van der Waals surface area (Å²) in [6.07, 6.45) is 1.22. The number of carbonyl (C=O) groups excluding carboxylic acids is 1. The van der Waals surface area contributed by atoms with Crippen molar-refractivity contribution in [2.45, 2.75) is 25.9 Å². The van der Waals surface area contributed by atoms with Gasteiger partial charge in [-0.25, -0.2) is 0 Å². The van der Waals surface area contributed by atoms with Crippen LogP contribution in [-0.4, -0.2) is 43.0 Å². The van der Waals surface area contributed by atoms with Crippen LogP contribution in [0.25, 0.3) is 0 Å². The lowest BCUT2D eigenvalue weighted by molar-refractivity contribution is -0.121. The number of morpholine rings is 1. The van der Waals surface area contributed by atoms with E-state index >= 15 is 0 Å². The van der Waals surface area contributed by atoms with E-state index in [0.29, 0.717) is 18.8 Å². The Morgan fingerprint density at radius 1 is 1.24 bits per heavy atom. The highest BCUT2D eigenvalue weighted by Gasteiger charge is 2.12. The van der Waals surface area contributed by atoms with Crippen LogP contribution in [-0.2, 0) is 22.6 Å². The van der Waals surface area contributed by atoms with Crippen LogP contribution in [0.5, 0.6) is 0 Å². The summed E-state index contributed by atoms with van der Waals surface area (Å²) >= 11 is 5.60. The summed E-state index contributed by atoms with van der Waals surface area (Å²) in [5.74, 6) is 0.595. The molecule has 0 saturated carbocycles. The topological polar surface area (TPSA) is 41.6 Å². The maximum absolute atomic E-state index is 11.7. The van der Waals surface area contributed by atoms with Gasteiger partial charge in [-0.3, -0.25) is 9.69 Å². The number of alkyl halides is 1. The fourth-order valence-electron chi connectivity index (χ4n) is 2.39. The van der Waals surface area contributed by atoms with E-state index in [1.807, 2.05) is 6.07 Å². The molecule has 0 spiro atoms. The largest absolute Gasteiger partial charge is 0.379 e. The van der Waals surface area contributed by atoms with Gasteiger partial charge in [0.2, 0.25) is 5.91 Å². The van der Waals surface area contributed by atoms with Gasteiger partial charge in [-0.05, 0) is 17.5 Å². The third kappa shape index (κ3) is 5.65. The molecule has 0 radical (unpaired) electrons. The minimum atomic E-state index is 0.0665. The summed E-state index contributed by atoms with van der Waals surface area (Å²) in [6.45, 7) is 5.04. The Balaban J connectivity index is 1.88. The molecule has 1 heterocycles. The first-order chi connectivity index (χ1) is 10.3. The van der Waals surface area contributed by atoms with E-state index < -0.39 is 0 Å². The summed E-state index contributed by atoms with van der Waals surface area (Å²) in [7, 11) is 0. The van der Waals surface area contributed by atoms with Gasteiger partial charge in [0.25, 0.3) is 0 Å². The maximum Gasteiger partial charge on any atom is 0.220 e. The van der Waals surface area contributed by atoms with Gasteiger partial charge in [0.05, 0.1) is 13.2 Å². The van der Waals surface area contributed by atoms with Gasteiger partial charge in [0.1, 0.15) is 0 Å². The highest BCUT2D eigenvalue weighted by molar-refractivity contribution is 6.17. The number of ether oxygens (including phenoxy) is 1. The van der Waals surface area contributed by atoms with Gasteiger partial charge in [-0.15, -0.1) is 11.6 Å². The first-order valence-electron chi connectivity index (χ1n) is 7.49. The highest BCUT2D eigenvalue weighted by Crippen LogP contribution is 2.13. The minimum absolute atomic E-state index is 0.0665. The number of rotatable bonds is 7. The van der Waals surface area contributed by atoms with E-state index in [-0.39, 0.29) is 5.91 Å². The summed E-state index contributed by atoms with van der Waals surface area (Å²) in [6, 6.07) is 8.28. The zero-order valence-corrected chi connectivity index (χ0v) is 13.1. The van der Waals surface area contributed by atoms with Crippen LogP contribution < -0.4 is 5.32 Å². The van der Waals surface area contributed by atoms with Crippen LogP contribution in [0.15, 0.2) is 24.3 Å². The van der Waals surface area contributed by atoms with Crippen molar-refractivity contribution in [3.8, 4) is 0 Å². The summed E-state index contributed by atoms with van der Waals surface area (Å²) in [5.41, 5.74) is 2.46. The Labute approximate surface area is 131 Å². The first-order valence-corrected chi connectivity index (χ1v) is 8.02. The lowest BCUT2D eigenvalue weighted by atomic mass is 10.1. The molecule has 1 saturated heterocycles. The fourth-order valence-corrected chi connectivity index (χ4v) is 2.53. The van der Waals surface area contributed by atoms with E-state index in [1.54, 1.807) is 0 Å². The molecule has 0 aliphatic carbocycles. The predicted octanol–water partition coefficient (Wildman–Crippen LogP) is 2.15. The number of hydrogen-bond acceptors (Lipinski definition) is 3. The molecule has 0 aromatic heterocycles. The van der Waals surface area contributed by atoms with Crippen molar-refractivity contribution in [3.05, 3.63) is 35.4 Å². The lowest BCUT2D eigenvalue weighted by Crippen LogP contribution is -2.36. The Bertz CT molecular complexity index is 448. The zero-order valence-electron chi connectivity index (χ0n) is 12.3. The van der Waals surface area contributed by atoms with Gasteiger partial charge in [-0.2, -0.15) is 0 Å². The van der Waals surface area contributed by atoms with Crippen molar-refractivity contribution in [1.29, 1.82) is 0 Å². The van der Waals surface area contributed by atoms with Crippen LogP contribution in [0.1, 0.15) is 24.0 Å². The summed E-state index contributed by atoms with van der Waals surface area (Å²) in [5, 5.41) is 2.97. The summed E-state index contributed by atoms with van der Waals surface area (Å²) < 4.78 is 5.37. The molecule has 0 bridgehead atoms. The van der Waals surface area contributed by atoms with E-state index in [0.717, 1.165) is 39.3 Å². The molecule has 4 nitrogen and oxygen atoms in total. The van der Waals surface area contributed by atoms with Gasteiger partial charge >= 0.3 is 0 Å². The maximum atomic E-state index is 11.7. The van der Waals surface area contributed by atoms with Crippen molar-refractivity contribution in [2.24, 2.45) is 0 Å². The van der Waals surface area contributed by atoms with Gasteiger partial charge in [0, 0.05) is 38.5 Å². The molecule has 0 atom stereocenters. The van der Waals surface area contributed by atoms with Crippen molar-refractivity contribution < 1.29 is 9.53 Å². The number of nitrogens with zero attached hydrogens (tertiary/aromatic N) is 1. The van der Waals surface area contributed by atoms with Crippen LogP contribution >= 0.6 is 11.6 Å². The number of nitrogens with one attached hydrogen (secondary N) is 1. The van der Waals surface area contributed by atoms with Crippen LogP contribution in [0, 0.1) is 0 Å². The highest BCUT2D eigenvalue weighted by atomic mass is 35.5. The molecule has 1 aromatic rings. The summed E-state index contributed by atoms with van der Waals surface area (Å²) in [4.78, 5) is 14.1. The van der Waals surface area contributed by atoms with Crippen molar-refractivity contribution >= 4 is 17.5 Å². The number of hydrogen-bond donors (Lipinski definition) is 1. The average molecular weight is 311 g/mol. The number of benzene rings is 1. The van der Waals surface area contributed by atoms with Gasteiger partial charge in [0.15, 0.2) is 0 Å². The van der Waals surface area contributed by atoms with Gasteiger partial charge in [-0.1, -0.05) is 24.3 Å². The van der Waals surface area contributed by atoms with Crippen molar-refractivity contribution in [2.75, 3.05) is 32.2 Å².